The molecule has 0 saturated carbocycles. The molecule has 94 valence electrons. The molecule has 0 amide bonds. The summed E-state index contributed by atoms with van der Waals surface area (Å²) in [6.07, 6.45) is 0. The molecular weight excluding hydrogens is 242 g/mol. The number of carbonyl (C=O) groups excluding carboxylic acids is 1. The summed E-state index contributed by atoms with van der Waals surface area (Å²) < 4.78 is 10.3. The third kappa shape index (κ3) is 2.67. The number of esters is 1. The average molecular weight is 257 g/mol. The molecule has 1 aromatic rings. The van der Waals surface area contributed by atoms with Crippen molar-refractivity contribution in [3.63, 3.8) is 0 Å². The lowest BCUT2D eigenvalue weighted by atomic mass is 10.4. The Hall–Kier alpha value is -1.34. The van der Waals surface area contributed by atoms with Crippen LogP contribution >= 0.6 is 11.3 Å². The summed E-state index contributed by atoms with van der Waals surface area (Å²) in [6.45, 7) is 4.83. The topological polar surface area (TPSA) is 77.7 Å². The lowest BCUT2D eigenvalue weighted by Crippen LogP contribution is -2.37. The van der Waals surface area contributed by atoms with Crippen LogP contribution in [0, 0.1) is 0 Å². The van der Waals surface area contributed by atoms with Gasteiger partial charge >= 0.3 is 5.97 Å². The van der Waals surface area contributed by atoms with Crippen LogP contribution in [0.15, 0.2) is 0 Å². The van der Waals surface area contributed by atoms with Gasteiger partial charge in [0.1, 0.15) is 0 Å². The molecular formula is C10H15N3O3S. The molecule has 1 fully saturated rings. The highest BCUT2D eigenvalue weighted by molar-refractivity contribution is 7.17. The predicted octanol–water partition coefficient (Wildman–Crippen LogP) is 0.739. The number of nitrogen functional groups attached to an aromatic ring is 1. The second kappa shape index (κ2) is 5.33. The minimum Gasteiger partial charge on any atom is -0.462 e. The molecule has 0 radical (unpaired) electrons. The molecule has 2 rings (SSSR count). The van der Waals surface area contributed by atoms with Crippen LogP contribution < -0.4 is 10.6 Å². The van der Waals surface area contributed by atoms with Crippen LogP contribution in [-0.4, -0.2) is 43.9 Å². The summed E-state index contributed by atoms with van der Waals surface area (Å²) in [5.74, 6) is 0.262. The maximum atomic E-state index is 11.8. The summed E-state index contributed by atoms with van der Waals surface area (Å²) in [5, 5.41) is 0.384. The molecule has 0 aliphatic carbocycles. The van der Waals surface area contributed by atoms with Crippen molar-refractivity contribution in [2.24, 2.45) is 0 Å². The lowest BCUT2D eigenvalue weighted by Gasteiger charge is -2.27. The number of rotatable bonds is 3. The quantitative estimate of drug-likeness (QED) is 0.805. The van der Waals surface area contributed by atoms with Gasteiger partial charge < -0.3 is 20.1 Å². The van der Waals surface area contributed by atoms with E-state index >= 15 is 0 Å². The van der Waals surface area contributed by atoms with Crippen LogP contribution in [0.2, 0.25) is 0 Å². The number of nitrogens with zero attached hydrogens (tertiary/aromatic N) is 2. The largest absolute Gasteiger partial charge is 0.462 e. The Morgan fingerprint density at radius 2 is 2.29 bits per heavy atom. The van der Waals surface area contributed by atoms with Gasteiger partial charge in [-0.1, -0.05) is 11.3 Å². The van der Waals surface area contributed by atoms with Gasteiger partial charge in [-0.2, -0.15) is 0 Å². The fourth-order valence-corrected chi connectivity index (χ4v) is 2.40. The highest BCUT2D eigenvalue weighted by Crippen LogP contribution is 2.29. The normalized spacial score (nSPS) is 15.9. The Labute approximate surface area is 103 Å². The van der Waals surface area contributed by atoms with Gasteiger partial charge in [-0.25, -0.2) is 9.78 Å². The summed E-state index contributed by atoms with van der Waals surface area (Å²) in [7, 11) is 0. The zero-order valence-corrected chi connectivity index (χ0v) is 10.5. The van der Waals surface area contributed by atoms with Crippen molar-refractivity contribution in [1.82, 2.24) is 4.98 Å². The minimum absolute atomic E-state index is 0.346. The van der Waals surface area contributed by atoms with E-state index in [4.69, 9.17) is 15.2 Å². The van der Waals surface area contributed by atoms with E-state index in [9.17, 15) is 4.79 Å². The van der Waals surface area contributed by atoms with Crippen LogP contribution in [0.1, 0.15) is 16.6 Å². The van der Waals surface area contributed by atoms with Crippen LogP contribution in [0.5, 0.6) is 0 Å². The van der Waals surface area contributed by atoms with Crippen LogP contribution in [-0.2, 0) is 9.47 Å². The summed E-state index contributed by atoms with van der Waals surface area (Å²) in [6, 6.07) is 0. The van der Waals surface area contributed by atoms with Gasteiger partial charge in [0, 0.05) is 13.1 Å². The van der Waals surface area contributed by atoms with Crippen molar-refractivity contribution in [2.75, 3.05) is 43.5 Å². The van der Waals surface area contributed by atoms with Gasteiger partial charge in [-0.15, -0.1) is 0 Å². The van der Waals surface area contributed by atoms with Crippen molar-refractivity contribution in [3.05, 3.63) is 4.88 Å². The van der Waals surface area contributed by atoms with Gasteiger partial charge in [0.2, 0.25) is 0 Å². The van der Waals surface area contributed by atoms with Gasteiger partial charge in [0.15, 0.2) is 15.8 Å². The van der Waals surface area contributed by atoms with Crippen LogP contribution in [0.3, 0.4) is 0 Å². The Kier molecular flexibility index (Phi) is 3.80. The monoisotopic (exact) mass is 257 g/mol. The number of morpholine rings is 1. The van der Waals surface area contributed by atoms with E-state index < -0.39 is 0 Å². The first-order valence-electron chi connectivity index (χ1n) is 5.48. The minimum atomic E-state index is -0.358. The summed E-state index contributed by atoms with van der Waals surface area (Å²) in [5.41, 5.74) is 5.66. The van der Waals surface area contributed by atoms with Crippen LogP contribution in [0.25, 0.3) is 0 Å². The first kappa shape index (κ1) is 12.1. The highest BCUT2D eigenvalue weighted by Gasteiger charge is 2.24. The molecule has 0 spiro atoms. The van der Waals surface area contributed by atoms with Crippen molar-refractivity contribution in [3.8, 4) is 0 Å². The predicted molar refractivity (Wildman–Crippen MR) is 65.5 cm³/mol. The number of ether oxygens (including phenoxy) is 2. The SMILES string of the molecule is CCOC(=O)c1sc(N)nc1N1CCOCC1. The molecule has 0 bridgehead atoms. The smallest absolute Gasteiger partial charge is 0.352 e. The third-order valence-electron chi connectivity index (χ3n) is 2.40. The molecule has 1 saturated heterocycles. The Morgan fingerprint density at radius 3 is 2.94 bits per heavy atom. The zero-order valence-electron chi connectivity index (χ0n) is 9.64. The molecule has 1 aliphatic heterocycles. The molecule has 2 N–H and O–H groups in total. The van der Waals surface area contributed by atoms with E-state index in [2.05, 4.69) is 4.98 Å². The number of hydrogen-bond donors (Lipinski definition) is 1. The van der Waals surface area contributed by atoms with Gasteiger partial charge in [-0.05, 0) is 6.92 Å². The number of nitrogens with two attached hydrogens (primary N) is 1. The molecule has 17 heavy (non-hydrogen) atoms. The van der Waals surface area contributed by atoms with E-state index in [1.54, 1.807) is 6.92 Å². The maximum absolute atomic E-state index is 11.8. The Bertz CT molecular complexity index is 402. The number of thiazole rings is 1. The van der Waals surface area contributed by atoms with Crippen LogP contribution in [0.4, 0.5) is 10.9 Å². The number of anilines is 2. The second-order valence-electron chi connectivity index (χ2n) is 3.52. The number of hydrogen-bond acceptors (Lipinski definition) is 7. The number of carbonyl (C=O) groups is 1. The first-order chi connectivity index (χ1) is 8.22. The molecule has 0 atom stereocenters. The molecule has 7 heteroatoms. The highest BCUT2D eigenvalue weighted by atomic mass is 32.1. The van der Waals surface area contributed by atoms with Gasteiger partial charge in [-0.3, -0.25) is 0 Å². The maximum Gasteiger partial charge on any atom is 0.352 e. The van der Waals surface area contributed by atoms with Gasteiger partial charge in [0.05, 0.1) is 19.8 Å². The van der Waals surface area contributed by atoms with E-state index in [0.29, 0.717) is 35.6 Å². The zero-order chi connectivity index (χ0) is 12.3. The van der Waals surface area contributed by atoms with E-state index in [-0.39, 0.29) is 5.97 Å². The molecule has 2 heterocycles. The van der Waals surface area contributed by atoms with Crippen molar-refractivity contribution < 1.29 is 14.3 Å². The van der Waals surface area contributed by atoms with Crippen molar-refractivity contribution >= 4 is 28.3 Å². The lowest BCUT2D eigenvalue weighted by molar-refractivity contribution is 0.0531. The van der Waals surface area contributed by atoms with Gasteiger partial charge in [0.25, 0.3) is 0 Å². The molecule has 1 aliphatic rings. The van der Waals surface area contributed by atoms with E-state index in [0.717, 1.165) is 13.1 Å². The second-order valence-corrected chi connectivity index (χ2v) is 4.56. The summed E-state index contributed by atoms with van der Waals surface area (Å²) >= 11 is 1.17. The summed E-state index contributed by atoms with van der Waals surface area (Å²) in [4.78, 5) is 18.4. The average Bonchev–Trinajstić information content (AvgIpc) is 2.73. The van der Waals surface area contributed by atoms with Crippen molar-refractivity contribution in [2.45, 2.75) is 6.92 Å². The molecule has 6 nitrogen and oxygen atoms in total. The molecule has 0 unspecified atom stereocenters. The Balaban J connectivity index is 2.22. The number of aromatic nitrogens is 1. The van der Waals surface area contributed by atoms with E-state index in [1.807, 2.05) is 4.90 Å². The molecule has 1 aromatic heterocycles. The first-order valence-corrected chi connectivity index (χ1v) is 6.30. The fourth-order valence-electron chi connectivity index (χ4n) is 1.65. The van der Waals surface area contributed by atoms with Crippen molar-refractivity contribution in [1.29, 1.82) is 0 Å². The Morgan fingerprint density at radius 1 is 1.59 bits per heavy atom. The molecule has 0 aromatic carbocycles. The standard InChI is InChI=1S/C10H15N3O3S/c1-2-16-9(14)7-8(12-10(11)17-7)13-3-5-15-6-4-13/h2-6H2,1H3,(H2,11,12). The van der Waals surface area contributed by atoms with E-state index in [1.165, 1.54) is 11.3 Å². The third-order valence-corrected chi connectivity index (χ3v) is 3.25. The fraction of sp³-hybridized carbons (Fsp3) is 0.600.